The van der Waals surface area contributed by atoms with E-state index < -0.39 is 0 Å². The number of carbonyl (C=O) groups is 1. The van der Waals surface area contributed by atoms with Gasteiger partial charge < -0.3 is 15.4 Å². The molecule has 24 heavy (non-hydrogen) atoms. The van der Waals surface area contributed by atoms with E-state index in [0.29, 0.717) is 17.4 Å². The second kappa shape index (κ2) is 7.24. The van der Waals surface area contributed by atoms with E-state index in [-0.39, 0.29) is 11.5 Å². The molecule has 2 N–H and O–H groups in total. The number of primary amides is 1. The highest BCUT2D eigenvalue weighted by molar-refractivity contribution is 5.92. The van der Waals surface area contributed by atoms with Gasteiger partial charge in [0, 0.05) is 37.6 Å². The van der Waals surface area contributed by atoms with Crippen LogP contribution in [0.1, 0.15) is 54.9 Å². The molecule has 1 saturated carbocycles. The Morgan fingerprint density at radius 2 is 2.00 bits per heavy atom. The summed E-state index contributed by atoms with van der Waals surface area (Å²) in [5, 5.41) is 0. The lowest BCUT2D eigenvalue weighted by molar-refractivity contribution is -0.118. The highest BCUT2D eigenvalue weighted by atomic mass is 16.5. The fraction of sp³-hybridized carbons (Fsp3) is 0.650. The minimum Gasteiger partial charge on any atom is -0.373 e. The number of fused-ring (bicyclic) bond motifs is 2. The molecule has 1 aliphatic heterocycles. The smallest absolute Gasteiger partial charge is 0.248 e. The molecule has 0 aromatic heterocycles. The largest absolute Gasteiger partial charge is 0.373 e. The summed E-state index contributed by atoms with van der Waals surface area (Å²) < 4.78 is 6.18. The zero-order valence-corrected chi connectivity index (χ0v) is 15.0. The van der Waals surface area contributed by atoms with Gasteiger partial charge in [0.1, 0.15) is 5.60 Å². The third-order valence-corrected chi connectivity index (χ3v) is 6.05. The Kier molecular flexibility index (Phi) is 5.26. The number of nitrogens with two attached hydrogens (primary N) is 1. The maximum absolute atomic E-state index is 11.6. The van der Waals surface area contributed by atoms with Crippen molar-refractivity contribution in [1.82, 2.24) is 4.90 Å². The lowest BCUT2D eigenvalue weighted by atomic mass is 9.74. The fourth-order valence-electron chi connectivity index (χ4n) is 4.92. The van der Waals surface area contributed by atoms with Gasteiger partial charge in [-0.2, -0.15) is 0 Å². The number of rotatable bonds is 7. The summed E-state index contributed by atoms with van der Waals surface area (Å²) in [7, 11) is 1.83. The number of nitrogens with zero attached hydrogens (tertiary/aromatic N) is 1. The van der Waals surface area contributed by atoms with E-state index in [9.17, 15) is 4.79 Å². The van der Waals surface area contributed by atoms with Gasteiger partial charge >= 0.3 is 0 Å². The van der Waals surface area contributed by atoms with Crippen molar-refractivity contribution in [1.29, 1.82) is 0 Å². The molecule has 3 rings (SSSR count). The van der Waals surface area contributed by atoms with Gasteiger partial charge in [0.15, 0.2) is 0 Å². The highest BCUT2D eigenvalue weighted by Gasteiger charge is 2.55. The Morgan fingerprint density at radius 1 is 1.29 bits per heavy atom. The van der Waals surface area contributed by atoms with Crippen LogP contribution < -0.4 is 5.73 Å². The van der Waals surface area contributed by atoms with Gasteiger partial charge in [-0.15, -0.1) is 0 Å². The van der Waals surface area contributed by atoms with Gasteiger partial charge in [0.2, 0.25) is 5.91 Å². The van der Waals surface area contributed by atoms with Crippen molar-refractivity contribution >= 4 is 5.91 Å². The van der Waals surface area contributed by atoms with Gasteiger partial charge in [-0.25, -0.2) is 0 Å². The van der Waals surface area contributed by atoms with Crippen molar-refractivity contribution < 1.29 is 9.53 Å². The summed E-state index contributed by atoms with van der Waals surface area (Å²) >= 11 is 0. The average molecular weight is 330 g/mol. The second-order valence-corrected chi connectivity index (χ2v) is 7.38. The van der Waals surface area contributed by atoms with Crippen LogP contribution >= 0.6 is 0 Å². The Bertz CT molecular complexity index is 573. The number of unbranched alkanes of at least 4 members (excludes halogenated alkanes) is 2. The Labute approximate surface area is 145 Å². The van der Waals surface area contributed by atoms with Crippen molar-refractivity contribution in [3.05, 3.63) is 35.4 Å². The number of methoxy groups -OCH3 is 1. The summed E-state index contributed by atoms with van der Waals surface area (Å²) in [4.78, 5) is 14.2. The Morgan fingerprint density at radius 3 is 2.58 bits per heavy atom. The molecule has 1 aliphatic carbocycles. The molecule has 2 aliphatic rings. The number of carbonyl (C=O) groups excluding carboxylic acids is 1. The van der Waals surface area contributed by atoms with E-state index in [1.807, 2.05) is 19.2 Å². The average Bonchev–Trinajstić information content (AvgIpc) is 2.78. The molecule has 2 fully saturated rings. The SMILES string of the molecule is CCCCCN1CC2CCC(C1)C2(OC)c1cccc(C(N)=O)c1. The van der Waals surface area contributed by atoms with Crippen LogP contribution in [-0.2, 0) is 10.3 Å². The van der Waals surface area contributed by atoms with Crippen LogP contribution in [0.25, 0.3) is 0 Å². The second-order valence-electron chi connectivity index (χ2n) is 7.38. The number of hydrogen-bond donors (Lipinski definition) is 1. The number of benzene rings is 1. The molecule has 1 aromatic carbocycles. The van der Waals surface area contributed by atoms with Crippen molar-refractivity contribution in [3.63, 3.8) is 0 Å². The molecule has 2 unspecified atom stereocenters. The molecule has 0 spiro atoms. The fourth-order valence-corrected chi connectivity index (χ4v) is 4.92. The normalized spacial score (nSPS) is 29.8. The van der Waals surface area contributed by atoms with Crippen molar-refractivity contribution in [2.24, 2.45) is 17.6 Å². The number of piperidine rings is 1. The van der Waals surface area contributed by atoms with Crippen molar-refractivity contribution in [2.45, 2.75) is 44.6 Å². The number of likely N-dealkylation sites (tertiary alicyclic amines) is 1. The molecule has 1 amide bonds. The molecule has 4 heteroatoms. The van der Waals surface area contributed by atoms with Gasteiger partial charge in [0.25, 0.3) is 0 Å². The molecule has 4 nitrogen and oxygen atoms in total. The topological polar surface area (TPSA) is 55.6 Å². The first kappa shape index (κ1) is 17.4. The van der Waals surface area contributed by atoms with E-state index in [4.69, 9.17) is 10.5 Å². The third-order valence-electron chi connectivity index (χ3n) is 6.05. The minimum absolute atomic E-state index is 0.257. The quantitative estimate of drug-likeness (QED) is 0.781. The molecule has 132 valence electrons. The lowest BCUT2D eigenvalue weighted by Crippen LogP contribution is -2.53. The number of amides is 1. The molecule has 0 radical (unpaired) electrons. The monoisotopic (exact) mass is 330 g/mol. The predicted molar refractivity (Wildman–Crippen MR) is 95.8 cm³/mol. The van der Waals surface area contributed by atoms with Crippen LogP contribution in [0.15, 0.2) is 24.3 Å². The third kappa shape index (κ3) is 2.98. The van der Waals surface area contributed by atoms with Crippen molar-refractivity contribution in [2.75, 3.05) is 26.7 Å². The molecular weight excluding hydrogens is 300 g/mol. The summed E-state index contributed by atoms with van der Waals surface area (Å²) in [6.07, 6.45) is 6.25. The summed E-state index contributed by atoms with van der Waals surface area (Å²) in [5.41, 5.74) is 6.93. The summed E-state index contributed by atoms with van der Waals surface area (Å²) in [6, 6.07) is 7.78. The van der Waals surface area contributed by atoms with Crippen LogP contribution in [0.2, 0.25) is 0 Å². The first-order valence-corrected chi connectivity index (χ1v) is 9.29. The minimum atomic E-state index is -0.368. The number of ether oxygens (including phenoxy) is 1. The van der Waals surface area contributed by atoms with Crippen LogP contribution in [0.5, 0.6) is 0 Å². The molecule has 2 atom stereocenters. The van der Waals surface area contributed by atoms with E-state index >= 15 is 0 Å². The van der Waals surface area contributed by atoms with E-state index in [0.717, 1.165) is 18.7 Å². The van der Waals surface area contributed by atoms with Crippen LogP contribution in [0, 0.1) is 11.8 Å². The molecule has 1 aromatic rings. The maximum atomic E-state index is 11.6. The van der Waals surface area contributed by atoms with Crippen LogP contribution in [-0.4, -0.2) is 37.6 Å². The molecular formula is C20H30N2O2. The van der Waals surface area contributed by atoms with Gasteiger partial charge in [-0.1, -0.05) is 31.9 Å². The van der Waals surface area contributed by atoms with Gasteiger partial charge in [-0.05, 0) is 43.5 Å². The molecule has 1 saturated heterocycles. The standard InChI is InChI=1S/C20H30N2O2/c1-3-4-5-11-22-13-17-9-10-18(14-22)20(17,24-2)16-8-6-7-15(12-16)19(21)23/h6-8,12,17-18H,3-5,9-11,13-14H2,1-2H3,(H2,21,23). The number of hydrogen-bond acceptors (Lipinski definition) is 3. The zero-order chi connectivity index (χ0) is 17.2. The predicted octanol–water partition coefficient (Wildman–Crippen LogP) is 3.16. The van der Waals surface area contributed by atoms with E-state index in [1.165, 1.54) is 38.6 Å². The Hall–Kier alpha value is -1.39. The van der Waals surface area contributed by atoms with Crippen LogP contribution in [0.3, 0.4) is 0 Å². The van der Waals surface area contributed by atoms with E-state index in [1.54, 1.807) is 6.07 Å². The first-order valence-electron chi connectivity index (χ1n) is 9.29. The van der Waals surface area contributed by atoms with Crippen LogP contribution in [0.4, 0.5) is 0 Å². The summed E-state index contributed by atoms with van der Waals surface area (Å²) in [6.45, 7) is 5.63. The maximum Gasteiger partial charge on any atom is 0.248 e. The van der Waals surface area contributed by atoms with Gasteiger partial charge in [-0.3, -0.25) is 4.79 Å². The van der Waals surface area contributed by atoms with E-state index in [2.05, 4.69) is 17.9 Å². The summed E-state index contributed by atoms with van der Waals surface area (Å²) in [5.74, 6) is 0.615. The van der Waals surface area contributed by atoms with Crippen molar-refractivity contribution in [3.8, 4) is 0 Å². The van der Waals surface area contributed by atoms with Gasteiger partial charge in [0.05, 0.1) is 0 Å². The zero-order valence-electron chi connectivity index (χ0n) is 15.0. The highest BCUT2D eigenvalue weighted by Crippen LogP contribution is 2.53. The first-order chi connectivity index (χ1) is 11.6. The molecule has 1 heterocycles. The lowest BCUT2D eigenvalue weighted by Gasteiger charge is -2.47. The molecule has 2 bridgehead atoms. The Balaban J connectivity index is 1.84.